The number of nitrogens with zero attached hydrogens (tertiary/aromatic N) is 2. The second-order valence-electron chi connectivity index (χ2n) is 9.66. The quantitative estimate of drug-likeness (QED) is 0.166. The maximum absolute atomic E-state index is 13.6. The molecule has 1 heterocycles. The van der Waals surface area contributed by atoms with Crippen LogP contribution in [0.15, 0.2) is 63.9 Å². The number of furan rings is 1. The molecule has 1 fully saturated rings. The van der Waals surface area contributed by atoms with Gasteiger partial charge in [-0.25, -0.2) is 12.8 Å². The van der Waals surface area contributed by atoms with E-state index in [1.165, 1.54) is 43.4 Å². The first-order valence-electron chi connectivity index (χ1n) is 12.3. The van der Waals surface area contributed by atoms with Gasteiger partial charge in [-0.1, -0.05) is 6.07 Å². The van der Waals surface area contributed by atoms with Crippen LogP contribution in [0.3, 0.4) is 0 Å². The molecule has 5 rings (SSSR count). The average molecular weight is 601 g/mol. The molecule has 0 aliphatic heterocycles. The predicted octanol–water partition coefficient (Wildman–Crippen LogP) is 4.59. The van der Waals surface area contributed by atoms with Crippen LogP contribution < -0.4 is 9.62 Å². The summed E-state index contributed by atoms with van der Waals surface area (Å²) in [4.78, 5) is 23.0. The van der Waals surface area contributed by atoms with Gasteiger partial charge in [0.15, 0.2) is 9.84 Å². The Morgan fingerprint density at radius 1 is 1.17 bits per heavy atom. The molecule has 1 atom stereocenters. The Labute approximate surface area is 236 Å². The third-order valence-electron chi connectivity index (χ3n) is 6.81. The van der Waals surface area contributed by atoms with Crippen LogP contribution in [0.1, 0.15) is 40.2 Å². The van der Waals surface area contributed by atoms with E-state index in [0.29, 0.717) is 16.5 Å². The fourth-order valence-electron chi connectivity index (χ4n) is 4.73. The topological polar surface area (TPSA) is 163 Å². The highest BCUT2D eigenvalue weighted by atomic mass is 32.2. The molecule has 214 valence electrons. The highest BCUT2D eigenvalue weighted by Crippen LogP contribution is 2.48. The Balaban J connectivity index is 1.67. The standard InChI is InChI=1S/C27H24FN3O8S2/c1-29-27(32)25-20-12-19(16-4-5-16)22(13-23(20)39-26(25)17-6-8-18(28)9-7-17)30(40(35)36)14-15-3-10-21(31(33)34)24(11-15)41(2,37)38/h3,6-13,16H,4-5,14H2,1-2H3,(H,29,32)(H,35,36)/p-1. The summed E-state index contributed by atoms with van der Waals surface area (Å²) in [6, 6.07) is 12.0. The van der Waals surface area contributed by atoms with Gasteiger partial charge in [0.1, 0.15) is 22.1 Å². The van der Waals surface area contributed by atoms with Crippen LogP contribution in [-0.2, 0) is 27.6 Å². The van der Waals surface area contributed by atoms with Gasteiger partial charge in [-0.05, 0) is 66.3 Å². The van der Waals surface area contributed by atoms with Crippen molar-refractivity contribution in [3.8, 4) is 11.3 Å². The summed E-state index contributed by atoms with van der Waals surface area (Å²) in [5, 5.41) is 14.4. The molecule has 1 N–H and O–H groups in total. The first-order chi connectivity index (χ1) is 19.4. The van der Waals surface area contributed by atoms with Crippen LogP contribution in [-0.4, -0.2) is 41.3 Å². The molecule has 1 unspecified atom stereocenters. The van der Waals surface area contributed by atoms with Crippen LogP contribution in [0.25, 0.3) is 22.3 Å². The maximum atomic E-state index is 13.6. The lowest BCUT2D eigenvalue weighted by atomic mass is 10.00. The van der Waals surface area contributed by atoms with Gasteiger partial charge in [-0.3, -0.25) is 23.4 Å². The lowest BCUT2D eigenvalue weighted by Crippen LogP contribution is -2.26. The number of nitro benzene ring substituents is 1. The minimum atomic E-state index is -3.99. The number of carbonyl (C=O) groups excluding carboxylic acids is 1. The summed E-state index contributed by atoms with van der Waals surface area (Å²) in [5.74, 6) is -0.726. The number of benzene rings is 3. The van der Waals surface area contributed by atoms with Crippen molar-refractivity contribution in [3.63, 3.8) is 0 Å². The number of rotatable bonds is 9. The van der Waals surface area contributed by atoms with Gasteiger partial charge < -0.3 is 14.3 Å². The summed E-state index contributed by atoms with van der Waals surface area (Å²) in [6.07, 6.45) is 2.40. The minimum Gasteiger partial charge on any atom is -0.755 e. The summed E-state index contributed by atoms with van der Waals surface area (Å²) in [5.41, 5.74) is 1.36. The van der Waals surface area contributed by atoms with Crippen LogP contribution >= 0.6 is 0 Å². The highest BCUT2D eigenvalue weighted by molar-refractivity contribution is 7.90. The fourth-order valence-corrected chi connectivity index (χ4v) is 6.19. The number of sulfone groups is 1. The van der Waals surface area contributed by atoms with Gasteiger partial charge in [0.05, 0.1) is 22.7 Å². The molecular formula is C27H23FN3O8S2-. The number of carbonyl (C=O) groups is 1. The third kappa shape index (κ3) is 5.58. The summed E-state index contributed by atoms with van der Waals surface area (Å²) < 4.78 is 70.2. The van der Waals surface area contributed by atoms with Crippen molar-refractivity contribution < 1.29 is 35.7 Å². The Hall–Kier alpha value is -4.14. The van der Waals surface area contributed by atoms with E-state index in [2.05, 4.69) is 5.32 Å². The second-order valence-corrected chi connectivity index (χ2v) is 12.5. The van der Waals surface area contributed by atoms with E-state index < -0.39 is 48.3 Å². The Bertz CT molecular complexity index is 1830. The molecule has 3 aromatic carbocycles. The van der Waals surface area contributed by atoms with E-state index in [1.54, 1.807) is 6.07 Å². The van der Waals surface area contributed by atoms with E-state index in [0.717, 1.165) is 35.5 Å². The van der Waals surface area contributed by atoms with Crippen molar-refractivity contribution in [3.05, 3.63) is 87.2 Å². The predicted molar refractivity (Wildman–Crippen MR) is 148 cm³/mol. The number of nitrogens with one attached hydrogen (secondary N) is 1. The van der Waals surface area contributed by atoms with E-state index >= 15 is 0 Å². The van der Waals surface area contributed by atoms with Gasteiger partial charge in [0.2, 0.25) is 0 Å². The number of hydrogen-bond donors (Lipinski definition) is 1. The molecule has 1 aliphatic carbocycles. The minimum absolute atomic E-state index is 0.00519. The molecule has 11 nitrogen and oxygen atoms in total. The number of anilines is 1. The molecule has 1 amide bonds. The van der Waals surface area contributed by atoms with Gasteiger partial charge in [0.25, 0.3) is 11.6 Å². The molecule has 0 saturated heterocycles. The Kier molecular flexibility index (Phi) is 7.40. The van der Waals surface area contributed by atoms with Crippen molar-refractivity contribution >= 4 is 49.4 Å². The van der Waals surface area contributed by atoms with E-state index in [-0.39, 0.29) is 40.6 Å². The van der Waals surface area contributed by atoms with Gasteiger partial charge in [-0.15, -0.1) is 0 Å². The molecule has 1 saturated carbocycles. The summed E-state index contributed by atoms with van der Waals surface area (Å²) in [7, 11) is -2.53. The number of nitro groups is 1. The van der Waals surface area contributed by atoms with Crippen molar-refractivity contribution in [1.82, 2.24) is 5.32 Å². The molecule has 0 bridgehead atoms. The number of amides is 1. The van der Waals surface area contributed by atoms with E-state index in [4.69, 9.17) is 4.42 Å². The highest BCUT2D eigenvalue weighted by Gasteiger charge is 2.32. The van der Waals surface area contributed by atoms with E-state index in [1.807, 2.05) is 0 Å². The monoisotopic (exact) mass is 600 g/mol. The summed E-state index contributed by atoms with van der Waals surface area (Å²) in [6.45, 7) is -0.324. The zero-order valence-corrected chi connectivity index (χ0v) is 23.4. The van der Waals surface area contributed by atoms with Gasteiger partial charge >= 0.3 is 0 Å². The third-order valence-corrected chi connectivity index (χ3v) is 8.62. The normalized spacial score (nSPS) is 14.1. The molecule has 0 radical (unpaired) electrons. The van der Waals surface area contributed by atoms with Crippen molar-refractivity contribution in [2.75, 3.05) is 17.6 Å². The molecular weight excluding hydrogens is 577 g/mol. The molecule has 1 aromatic heterocycles. The molecule has 0 spiro atoms. The Morgan fingerprint density at radius 2 is 1.85 bits per heavy atom. The lowest BCUT2D eigenvalue weighted by molar-refractivity contribution is -0.387. The van der Waals surface area contributed by atoms with Crippen LogP contribution in [0, 0.1) is 15.9 Å². The van der Waals surface area contributed by atoms with Crippen LogP contribution in [0.2, 0.25) is 0 Å². The number of fused-ring (bicyclic) bond motifs is 1. The number of hydrogen-bond acceptors (Lipinski definition) is 8. The zero-order valence-electron chi connectivity index (χ0n) is 21.7. The van der Waals surface area contributed by atoms with Crippen LogP contribution in [0.5, 0.6) is 0 Å². The average Bonchev–Trinajstić information content (AvgIpc) is 3.70. The summed E-state index contributed by atoms with van der Waals surface area (Å²) >= 11 is -2.85. The molecule has 1 aliphatic rings. The van der Waals surface area contributed by atoms with Gasteiger partial charge in [0, 0.05) is 47.7 Å². The van der Waals surface area contributed by atoms with E-state index in [9.17, 15) is 36.5 Å². The second kappa shape index (κ2) is 10.7. The van der Waals surface area contributed by atoms with Crippen molar-refractivity contribution in [1.29, 1.82) is 0 Å². The van der Waals surface area contributed by atoms with Gasteiger partial charge in [-0.2, -0.15) is 0 Å². The maximum Gasteiger partial charge on any atom is 0.287 e. The lowest BCUT2D eigenvalue weighted by Gasteiger charge is -2.29. The molecule has 4 aromatic rings. The zero-order chi connectivity index (χ0) is 29.6. The Morgan fingerprint density at radius 3 is 2.41 bits per heavy atom. The SMILES string of the molecule is CNC(=O)c1c(-c2ccc(F)cc2)oc2cc(N(Cc3ccc([N+](=O)[O-])c(S(C)(=O)=O)c3)S(=O)[O-])c(C3CC3)cc12. The first-order valence-corrected chi connectivity index (χ1v) is 15.2. The molecule has 14 heteroatoms. The first kappa shape index (κ1) is 28.4. The smallest absolute Gasteiger partial charge is 0.287 e. The largest absolute Gasteiger partial charge is 0.755 e. The van der Waals surface area contributed by atoms with Crippen molar-refractivity contribution in [2.45, 2.75) is 30.2 Å². The number of halogens is 1. The van der Waals surface area contributed by atoms with Crippen molar-refractivity contribution in [2.24, 2.45) is 0 Å². The molecule has 41 heavy (non-hydrogen) atoms. The van der Waals surface area contributed by atoms with Crippen LogP contribution in [0.4, 0.5) is 15.8 Å². The fraction of sp³-hybridized carbons (Fsp3) is 0.222.